The smallest absolute Gasteiger partial charge is 0.320 e. The number of methoxy groups -OCH3 is 1. The molecule has 0 N–H and O–H groups in total. The van der Waals surface area contributed by atoms with Crippen LogP contribution >= 0.6 is 11.8 Å². The van der Waals surface area contributed by atoms with E-state index in [4.69, 9.17) is 14.2 Å². The van der Waals surface area contributed by atoms with E-state index in [2.05, 4.69) is 0 Å². The standard InChI is InChI=1S/C24H24O7S/c1-4-30-23(27)19(24(28)31-5-2)12-20(25)14-6-8-18-21(11-14)32-13-15-10-16(29-3)7-9-17(15)22(18)26/h6-11,19H,4-5,12-13H2,1-3H3. The van der Waals surface area contributed by atoms with Crippen LogP contribution in [0.15, 0.2) is 41.3 Å². The minimum Gasteiger partial charge on any atom is -0.497 e. The summed E-state index contributed by atoms with van der Waals surface area (Å²) >= 11 is 1.44. The second kappa shape index (κ2) is 10.5. The van der Waals surface area contributed by atoms with Crippen LogP contribution in [-0.4, -0.2) is 43.8 Å². The largest absolute Gasteiger partial charge is 0.497 e. The summed E-state index contributed by atoms with van der Waals surface area (Å²) in [5, 5.41) is 0. The van der Waals surface area contributed by atoms with Gasteiger partial charge in [-0.1, -0.05) is 6.07 Å². The van der Waals surface area contributed by atoms with Crippen molar-refractivity contribution in [2.75, 3.05) is 20.3 Å². The van der Waals surface area contributed by atoms with E-state index in [9.17, 15) is 19.2 Å². The van der Waals surface area contributed by atoms with Crippen molar-refractivity contribution in [3.63, 3.8) is 0 Å². The zero-order valence-corrected chi connectivity index (χ0v) is 19.0. The van der Waals surface area contributed by atoms with Gasteiger partial charge < -0.3 is 14.2 Å². The van der Waals surface area contributed by atoms with Crippen LogP contribution in [0.2, 0.25) is 0 Å². The molecule has 0 unspecified atom stereocenters. The Labute approximate surface area is 190 Å². The highest BCUT2D eigenvalue weighted by atomic mass is 32.2. The van der Waals surface area contributed by atoms with E-state index < -0.39 is 23.6 Å². The Morgan fingerprint density at radius 3 is 2.25 bits per heavy atom. The Kier molecular flexibility index (Phi) is 7.69. The topological polar surface area (TPSA) is 96.0 Å². The van der Waals surface area contributed by atoms with Gasteiger partial charge in [0.1, 0.15) is 5.75 Å². The molecule has 0 aliphatic carbocycles. The third kappa shape index (κ3) is 5.02. The first kappa shape index (κ1) is 23.5. The lowest BCUT2D eigenvalue weighted by molar-refractivity contribution is -0.161. The summed E-state index contributed by atoms with van der Waals surface area (Å²) in [4.78, 5) is 51.0. The number of hydrogen-bond donors (Lipinski definition) is 0. The minimum atomic E-state index is -1.33. The molecule has 2 aromatic rings. The van der Waals surface area contributed by atoms with Crippen molar-refractivity contribution in [1.82, 2.24) is 0 Å². The van der Waals surface area contributed by atoms with Gasteiger partial charge in [-0.15, -0.1) is 11.8 Å². The van der Waals surface area contributed by atoms with E-state index in [-0.39, 0.29) is 25.4 Å². The van der Waals surface area contributed by atoms with Gasteiger partial charge in [0.15, 0.2) is 17.5 Å². The molecule has 0 amide bonds. The lowest BCUT2D eigenvalue weighted by Gasteiger charge is -2.14. The highest BCUT2D eigenvalue weighted by Crippen LogP contribution is 2.36. The maximum absolute atomic E-state index is 13.0. The molecule has 8 heteroatoms. The van der Waals surface area contributed by atoms with E-state index in [1.54, 1.807) is 51.3 Å². The molecule has 0 fully saturated rings. The molecular formula is C24H24O7S. The Balaban J connectivity index is 1.85. The fraction of sp³-hybridized carbons (Fsp3) is 0.333. The molecule has 3 rings (SSSR count). The van der Waals surface area contributed by atoms with E-state index >= 15 is 0 Å². The number of thioether (sulfide) groups is 1. The average Bonchev–Trinajstić information content (AvgIpc) is 2.93. The van der Waals surface area contributed by atoms with E-state index in [0.717, 1.165) is 5.56 Å². The molecule has 0 bridgehead atoms. The van der Waals surface area contributed by atoms with Gasteiger partial charge in [0.25, 0.3) is 0 Å². The Hall–Kier alpha value is -3.13. The van der Waals surface area contributed by atoms with Crippen LogP contribution < -0.4 is 4.74 Å². The van der Waals surface area contributed by atoms with Crippen LogP contribution in [0, 0.1) is 5.92 Å². The zero-order chi connectivity index (χ0) is 23.3. The molecule has 32 heavy (non-hydrogen) atoms. The monoisotopic (exact) mass is 456 g/mol. The fourth-order valence-corrected chi connectivity index (χ4v) is 4.47. The molecule has 0 saturated heterocycles. The Bertz CT molecular complexity index is 1040. The van der Waals surface area contributed by atoms with Gasteiger partial charge in [-0.2, -0.15) is 0 Å². The van der Waals surface area contributed by atoms with Crippen LogP contribution in [0.25, 0.3) is 0 Å². The van der Waals surface area contributed by atoms with E-state index in [0.29, 0.717) is 33.1 Å². The van der Waals surface area contributed by atoms with E-state index in [1.807, 2.05) is 6.07 Å². The van der Waals surface area contributed by atoms with Crippen molar-refractivity contribution in [2.45, 2.75) is 30.9 Å². The molecule has 168 valence electrons. The van der Waals surface area contributed by atoms with Crippen LogP contribution in [-0.2, 0) is 24.8 Å². The summed E-state index contributed by atoms with van der Waals surface area (Å²) in [7, 11) is 1.57. The maximum atomic E-state index is 13.0. The summed E-state index contributed by atoms with van der Waals surface area (Å²) in [5.41, 5.74) is 2.27. The van der Waals surface area contributed by atoms with Gasteiger partial charge >= 0.3 is 11.9 Å². The van der Waals surface area contributed by atoms with Gasteiger partial charge in [0.2, 0.25) is 0 Å². The summed E-state index contributed by atoms with van der Waals surface area (Å²) in [6.45, 7) is 3.42. The molecular weight excluding hydrogens is 432 g/mol. The number of carbonyl (C=O) groups excluding carboxylic acids is 4. The maximum Gasteiger partial charge on any atom is 0.320 e. The van der Waals surface area contributed by atoms with Gasteiger partial charge in [-0.25, -0.2) is 0 Å². The Morgan fingerprint density at radius 1 is 0.969 bits per heavy atom. The number of carbonyl (C=O) groups is 4. The number of hydrogen-bond acceptors (Lipinski definition) is 8. The molecule has 1 aliphatic rings. The van der Waals surface area contributed by atoms with Gasteiger partial charge in [0.05, 0.1) is 20.3 Å². The second-order valence-electron chi connectivity index (χ2n) is 7.04. The van der Waals surface area contributed by atoms with Crippen LogP contribution in [0.1, 0.15) is 52.1 Å². The van der Waals surface area contributed by atoms with Crippen LogP contribution in [0.3, 0.4) is 0 Å². The second-order valence-corrected chi connectivity index (χ2v) is 8.05. The molecule has 0 atom stereocenters. The summed E-state index contributed by atoms with van der Waals surface area (Å²) in [6.07, 6.45) is -0.369. The van der Waals surface area contributed by atoms with E-state index in [1.165, 1.54) is 11.8 Å². The highest BCUT2D eigenvalue weighted by Gasteiger charge is 2.33. The SMILES string of the molecule is CCOC(=O)C(CC(=O)c1ccc2c(c1)SCc1cc(OC)ccc1C2=O)C(=O)OCC. The summed E-state index contributed by atoms with van der Waals surface area (Å²) in [5.74, 6) is -2.23. The number of ketones is 2. The van der Waals surface area contributed by atoms with Crippen molar-refractivity contribution in [2.24, 2.45) is 5.92 Å². The number of benzene rings is 2. The third-order valence-electron chi connectivity index (χ3n) is 5.02. The summed E-state index contributed by atoms with van der Waals surface area (Å²) < 4.78 is 15.1. The fourth-order valence-electron chi connectivity index (χ4n) is 3.39. The van der Waals surface area contributed by atoms with Crippen molar-refractivity contribution in [3.8, 4) is 5.75 Å². The Morgan fingerprint density at radius 2 is 1.62 bits per heavy atom. The van der Waals surface area contributed by atoms with Gasteiger partial charge in [-0.05, 0) is 49.7 Å². The quantitative estimate of drug-likeness (QED) is 0.336. The third-order valence-corrected chi connectivity index (χ3v) is 6.12. The molecule has 0 saturated carbocycles. The molecule has 0 spiro atoms. The molecule has 0 aromatic heterocycles. The molecule has 2 aromatic carbocycles. The lowest BCUT2D eigenvalue weighted by Crippen LogP contribution is -2.30. The molecule has 1 heterocycles. The number of fused-ring (bicyclic) bond motifs is 2. The van der Waals surface area contributed by atoms with Crippen LogP contribution in [0.4, 0.5) is 0 Å². The first-order chi connectivity index (χ1) is 15.4. The molecule has 0 radical (unpaired) electrons. The average molecular weight is 457 g/mol. The van der Waals surface area contributed by atoms with Gasteiger partial charge in [-0.3, -0.25) is 19.2 Å². The van der Waals surface area contributed by atoms with Crippen molar-refractivity contribution in [3.05, 3.63) is 58.7 Å². The lowest BCUT2D eigenvalue weighted by atomic mass is 9.95. The molecule has 1 aliphatic heterocycles. The number of Topliss-reactive ketones (excluding diaryl/α,β-unsaturated/α-hetero) is 1. The predicted octanol–water partition coefficient (Wildman–Crippen LogP) is 3.85. The van der Waals surface area contributed by atoms with Crippen molar-refractivity contribution in [1.29, 1.82) is 0 Å². The van der Waals surface area contributed by atoms with Gasteiger partial charge in [0, 0.05) is 33.8 Å². The summed E-state index contributed by atoms with van der Waals surface area (Å²) in [6, 6.07) is 10.1. The molecule has 7 nitrogen and oxygen atoms in total. The van der Waals surface area contributed by atoms with Crippen molar-refractivity contribution >= 4 is 35.3 Å². The number of esters is 2. The highest BCUT2D eigenvalue weighted by molar-refractivity contribution is 7.98. The first-order valence-corrected chi connectivity index (χ1v) is 11.2. The predicted molar refractivity (Wildman–Crippen MR) is 118 cm³/mol. The van der Waals surface area contributed by atoms with Crippen LogP contribution in [0.5, 0.6) is 5.75 Å². The number of ether oxygens (including phenoxy) is 3. The van der Waals surface area contributed by atoms with Crippen molar-refractivity contribution < 1.29 is 33.4 Å². The first-order valence-electron chi connectivity index (χ1n) is 10.2. The normalized spacial score (nSPS) is 12.4. The minimum absolute atomic E-state index is 0.0892. The zero-order valence-electron chi connectivity index (χ0n) is 18.1. The number of rotatable bonds is 8.